The molecule has 0 radical (unpaired) electrons. The van der Waals surface area contributed by atoms with Gasteiger partial charge in [0.2, 0.25) is 5.91 Å². The zero-order valence-electron chi connectivity index (χ0n) is 15.9. The van der Waals surface area contributed by atoms with Crippen LogP contribution in [0.25, 0.3) is 0 Å². The molecule has 1 aromatic rings. The van der Waals surface area contributed by atoms with E-state index in [-0.39, 0.29) is 17.9 Å². The number of carbonyl (C=O) groups excluding carboxylic acids is 1. The van der Waals surface area contributed by atoms with Crippen LogP contribution in [0.1, 0.15) is 25.7 Å². The summed E-state index contributed by atoms with van der Waals surface area (Å²) in [6, 6.07) is 7.48. The van der Waals surface area contributed by atoms with Crippen LogP contribution in [0.15, 0.2) is 24.3 Å². The van der Waals surface area contributed by atoms with Crippen molar-refractivity contribution in [2.45, 2.75) is 37.9 Å². The van der Waals surface area contributed by atoms with Crippen molar-refractivity contribution in [2.24, 2.45) is 17.8 Å². The van der Waals surface area contributed by atoms with Crippen molar-refractivity contribution in [1.29, 1.82) is 0 Å². The fourth-order valence-corrected chi connectivity index (χ4v) is 4.75. The molecule has 0 unspecified atom stereocenters. The molecule has 1 amide bonds. The Kier molecular flexibility index (Phi) is 5.55. The zero-order chi connectivity index (χ0) is 18.8. The monoisotopic (exact) mass is 375 g/mol. The lowest BCUT2D eigenvalue weighted by molar-refractivity contribution is -0.137. The highest BCUT2D eigenvalue weighted by molar-refractivity contribution is 5.79. The molecule has 0 aromatic heterocycles. The molecule has 0 bridgehead atoms. The maximum atomic E-state index is 12.8. The van der Waals surface area contributed by atoms with Gasteiger partial charge in [0.1, 0.15) is 17.6 Å². The van der Waals surface area contributed by atoms with Crippen molar-refractivity contribution in [2.75, 3.05) is 33.4 Å². The van der Waals surface area contributed by atoms with Gasteiger partial charge in [0.25, 0.3) is 0 Å². The molecule has 2 aliphatic heterocycles. The number of rotatable bonds is 4. The number of amides is 1. The maximum absolute atomic E-state index is 12.8. The zero-order valence-corrected chi connectivity index (χ0v) is 15.9. The molecule has 1 aliphatic carbocycles. The fraction of sp³-hybridized carbons (Fsp3) is 0.667. The summed E-state index contributed by atoms with van der Waals surface area (Å²) in [5.74, 6) is 2.59. The van der Waals surface area contributed by atoms with Crippen molar-refractivity contribution in [1.82, 2.24) is 4.90 Å². The fourth-order valence-electron chi connectivity index (χ4n) is 4.75. The molecular formula is C21H29NO5. The van der Waals surface area contributed by atoms with Gasteiger partial charge in [-0.15, -0.1) is 0 Å². The maximum Gasteiger partial charge on any atom is 0.225 e. The van der Waals surface area contributed by atoms with Crippen LogP contribution in [0, 0.1) is 17.8 Å². The highest BCUT2D eigenvalue weighted by Crippen LogP contribution is 2.39. The Labute approximate surface area is 160 Å². The van der Waals surface area contributed by atoms with Crippen molar-refractivity contribution in [3.63, 3.8) is 0 Å². The molecule has 27 heavy (non-hydrogen) atoms. The van der Waals surface area contributed by atoms with Gasteiger partial charge in [-0.2, -0.15) is 0 Å². The van der Waals surface area contributed by atoms with Gasteiger partial charge in [0.15, 0.2) is 0 Å². The van der Waals surface area contributed by atoms with E-state index in [1.165, 1.54) is 0 Å². The van der Waals surface area contributed by atoms with Crippen LogP contribution in [0.3, 0.4) is 0 Å². The predicted octanol–water partition coefficient (Wildman–Crippen LogP) is 2.10. The summed E-state index contributed by atoms with van der Waals surface area (Å²) in [7, 11) is 1.63. The second kappa shape index (κ2) is 8.07. The summed E-state index contributed by atoms with van der Waals surface area (Å²) in [5, 5.41) is 10.6. The van der Waals surface area contributed by atoms with E-state index < -0.39 is 6.10 Å². The number of likely N-dealkylation sites (tertiary alicyclic amines) is 1. The first-order chi connectivity index (χ1) is 13.1. The standard InChI is InChI=1S/C21H29NO5/c1-25-17-3-2-4-18(11-17)27-20-10-16-13-22(12-15(16)9-19(20)23)21(24)14-5-7-26-8-6-14/h2-4,11,14-16,19-20,23H,5-10,12-13H2,1H3/t15-,16+,19+,20+/m0/s1. The minimum absolute atomic E-state index is 0.104. The van der Waals surface area contributed by atoms with Gasteiger partial charge in [-0.1, -0.05) is 6.07 Å². The third-order valence-electron chi connectivity index (χ3n) is 6.30. The average molecular weight is 375 g/mol. The SMILES string of the molecule is COc1cccc(O[C@@H]2C[C@@H]3CN(C(=O)C4CCOCC4)C[C@@H]3C[C@H]2O)c1. The molecule has 6 heteroatoms. The number of fused-ring (bicyclic) bond motifs is 1. The minimum atomic E-state index is -0.504. The van der Waals surface area contributed by atoms with Crippen molar-refractivity contribution < 1.29 is 24.1 Å². The Bertz CT molecular complexity index is 660. The van der Waals surface area contributed by atoms with Crippen LogP contribution in [0.4, 0.5) is 0 Å². The predicted molar refractivity (Wildman–Crippen MR) is 99.8 cm³/mol. The highest BCUT2D eigenvalue weighted by atomic mass is 16.5. The van der Waals surface area contributed by atoms with E-state index >= 15 is 0 Å². The van der Waals surface area contributed by atoms with Gasteiger partial charge in [-0.25, -0.2) is 0 Å². The van der Waals surface area contributed by atoms with E-state index in [0.29, 0.717) is 37.2 Å². The molecule has 4 atom stereocenters. The van der Waals surface area contributed by atoms with Crippen LogP contribution >= 0.6 is 0 Å². The van der Waals surface area contributed by atoms with E-state index in [4.69, 9.17) is 14.2 Å². The Morgan fingerprint density at radius 1 is 1.15 bits per heavy atom. The smallest absolute Gasteiger partial charge is 0.225 e. The Hall–Kier alpha value is -1.79. The van der Waals surface area contributed by atoms with E-state index in [1.54, 1.807) is 7.11 Å². The molecular weight excluding hydrogens is 346 g/mol. The largest absolute Gasteiger partial charge is 0.497 e. The lowest BCUT2D eigenvalue weighted by Gasteiger charge is -2.35. The number of benzene rings is 1. The van der Waals surface area contributed by atoms with Gasteiger partial charge in [0, 0.05) is 38.3 Å². The molecule has 4 rings (SSSR count). The molecule has 1 N–H and O–H groups in total. The van der Waals surface area contributed by atoms with E-state index in [9.17, 15) is 9.90 Å². The van der Waals surface area contributed by atoms with Crippen LogP contribution in [0.2, 0.25) is 0 Å². The third-order valence-corrected chi connectivity index (χ3v) is 6.30. The second-order valence-corrected chi connectivity index (χ2v) is 8.02. The Balaban J connectivity index is 1.37. The van der Waals surface area contributed by atoms with Gasteiger partial charge in [0.05, 0.1) is 13.2 Å². The number of aliphatic hydroxyl groups is 1. The topological polar surface area (TPSA) is 68.2 Å². The van der Waals surface area contributed by atoms with Crippen molar-refractivity contribution in [3.8, 4) is 11.5 Å². The quantitative estimate of drug-likeness (QED) is 0.873. The number of nitrogens with zero attached hydrogens (tertiary/aromatic N) is 1. The highest BCUT2D eigenvalue weighted by Gasteiger charge is 2.44. The van der Waals surface area contributed by atoms with E-state index in [0.717, 1.165) is 38.1 Å². The van der Waals surface area contributed by atoms with Crippen LogP contribution in [-0.4, -0.2) is 61.5 Å². The Morgan fingerprint density at radius 2 is 1.85 bits per heavy atom. The summed E-state index contributed by atoms with van der Waals surface area (Å²) in [5.41, 5.74) is 0. The van der Waals surface area contributed by atoms with Crippen LogP contribution in [0.5, 0.6) is 11.5 Å². The number of hydrogen-bond donors (Lipinski definition) is 1. The number of aliphatic hydroxyl groups excluding tert-OH is 1. The lowest BCUT2D eigenvalue weighted by atomic mass is 9.78. The first-order valence-electron chi connectivity index (χ1n) is 9.99. The normalized spacial score (nSPS) is 31.4. The van der Waals surface area contributed by atoms with Gasteiger partial charge < -0.3 is 24.2 Å². The summed E-state index contributed by atoms with van der Waals surface area (Å²) >= 11 is 0. The first-order valence-corrected chi connectivity index (χ1v) is 9.99. The first kappa shape index (κ1) is 18.6. The molecule has 2 saturated heterocycles. The molecule has 0 spiro atoms. The van der Waals surface area contributed by atoms with Crippen LogP contribution < -0.4 is 9.47 Å². The molecule has 3 aliphatic rings. The number of ether oxygens (including phenoxy) is 3. The van der Waals surface area contributed by atoms with Gasteiger partial charge in [-0.05, 0) is 49.7 Å². The summed E-state index contributed by atoms with van der Waals surface area (Å²) in [4.78, 5) is 14.9. The minimum Gasteiger partial charge on any atom is -0.497 e. The van der Waals surface area contributed by atoms with Crippen molar-refractivity contribution in [3.05, 3.63) is 24.3 Å². The third kappa shape index (κ3) is 4.06. The second-order valence-electron chi connectivity index (χ2n) is 8.02. The van der Waals surface area contributed by atoms with E-state index in [1.807, 2.05) is 29.2 Å². The number of methoxy groups -OCH3 is 1. The summed E-state index contributed by atoms with van der Waals surface area (Å²) in [6.07, 6.45) is 2.38. The van der Waals surface area contributed by atoms with Crippen molar-refractivity contribution >= 4 is 5.91 Å². The molecule has 3 fully saturated rings. The molecule has 1 saturated carbocycles. The van der Waals surface area contributed by atoms with Crippen LogP contribution in [-0.2, 0) is 9.53 Å². The molecule has 148 valence electrons. The molecule has 6 nitrogen and oxygen atoms in total. The number of hydrogen-bond acceptors (Lipinski definition) is 5. The van der Waals surface area contributed by atoms with Gasteiger partial charge >= 0.3 is 0 Å². The summed E-state index contributed by atoms with van der Waals surface area (Å²) in [6.45, 7) is 2.92. The average Bonchev–Trinajstić information content (AvgIpc) is 3.11. The summed E-state index contributed by atoms with van der Waals surface area (Å²) < 4.78 is 16.7. The molecule has 2 heterocycles. The lowest BCUT2D eigenvalue weighted by Crippen LogP contribution is -2.42. The van der Waals surface area contributed by atoms with E-state index in [2.05, 4.69) is 0 Å². The Morgan fingerprint density at radius 3 is 2.59 bits per heavy atom. The molecule has 1 aromatic carbocycles. The number of carbonyl (C=O) groups is 1. The van der Waals surface area contributed by atoms with Gasteiger partial charge in [-0.3, -0.25) is 4.79 Å².